The van der Waals surface area contributed by atoms with Crippen LogP contribution in [0.2, 0.25) is 0 Å². The summed E-state index contributed by atoms with van der Waals surface area (Å²) < 4.78 is 0. The maximum atomic E-state index is 2.58. The number of hydrogen-bond donors (Lipinski definition) is 0. The zero-order valence-electron chi connectivity index (χ0n) is 31.0. The Hall–Kier alpha value is -5.73. The highest BCUT2D eigenvalue weighted by Gasteiger charge is 2.47. The van der Waals surface area contributed by atoms with Crippen LogP contribution in [0.4, 0.5) is 34.1 Å². The molecule has 53 heavy (non-hydrogen) atoms. The number of hydrogen-bond acceptors (Lipinski definition) is 2. The largest absolute Gasteiger partial charge is 0.312 e. The molecule has 7 aromatic carbocycles. The van der Waals surface area contributed by atoms with Gasteiger partial charge in [0.1, 0.15) is 0 Å². The molecule has 0 aliphatic carbocycles. The molecule has 252 valence electrons. The fourth-order valence-electron chi connectivity index (χ4n) is 9.88. The lowest BCUT2D eigenvalue weighted by Crippen LogP contribution is -2.59. The van der Waals surface area contributed by atoms with Crippen molar-refractivity contribution in [3.8, 4) is 22.3 Å². The van der Waals surface area contributed by atoms with Crippen molar-refractivity contribution in [2.75, 3.05) is 9.80 Å². The summed E-state index contributed by atoms with van der Waals surface area (Å²) in [7, 11) is 0. The summed E-state index contributed by atoms with van der Waals surface area (Å²) in [5.74, 6) is 0.410. The van der Waals surface area contributed by atoms with Gasteiger partial charge in [-0.2, -0.15) is 0 Å². The molecule has 4 aliphatic heterocycles. The molecule has 0 saturated carbocycles. The fraction of sp³-hybridized carbons (Fsp3) is 0.143. The van der Waals surface area contributed by atoms with Crippen molar-refractivity contribution < 1.29 is 0 Å². The van der Waals surface area contributed by atoms with Crippen LogP contribution < -0.4 is 42.6 Å². The first-order valence-electron chi connectivity index (χ1n) is 19.2. The van der Waals surface area contributed by atoms with Gasteiger partial charge in [-0.3, -0.25) is 0 Å². The van der Waals surface area contributed by atoms with Crippen LogP contribution in [0.25, 0.3) is 22.3 Å². The van der Waals surface area contributed by atoms with Crippen LogP contribution >= 0.6 is 0 Å². The maximum absolute atomic E-state index is 2.58. The van der Waals surface area contributed by atoms with E-state index in [1.807, 2.05) is 0 Å². The Bertz CT molecular complexity index is 2660. The van der Waals surface area contributed by atoms with Gasteiger partial charge in [-0.05, 0) is 115 Å². The monoisotopic (exact) mass is 678 g/mol. The number of anilines is 6. The lowest BCUT2D eigenvalue weighted by Gasteiger charge is -2.41. The Morgan fingerprint density at radius 3 is 1.64 bits per heavy atom. The maximum Gasteiger partial charge on any atom is 0.248 e. The highest BCUT2D eigenvalue weighted by atomic mass is 15.2. The van der Waals surface area contributed by atoms with E-state index < -0.39 is 0 Å². The van der Waals surface area contributed by atoms with Crippen LogP contribution in [0.5, 0.6) is 0 Å². The molecule has 0 amide bonds. The Morgan fingerprint density at radius 1 is 0.434 bits per heavy atom. The van der Waals surface area contributed by atoms with Gasteiger partial charge in [0.05, 0.1) is 0 Å². The second-order valence-corrected chi connectivity index (χ2v) is 16.7. The minimum atomic E-state index is 0.0625. The number of fused-ring (bicyclic) bond motifs is 10. The summed E-state index contributed by atoms with van der Waals surface area (Å²) in [6.07, 6.45) is 0. The standard InChI is InChI=1S/C49H40B2N2/c1-30(2)31-25-38-35-19-12-13-21-39(35)50-42-28-44-41(29-45(42)53(46(26-31)48(38)50)34-17-10-7-11-18-34)51-40-24-23-32(49(3,4)5)27-37(40)36-20-14-22-43(47(36)51)52(44)33-15-8-6-9-16-33/h6-30H,1-5H3. The van der Waals surface area contributed by atoms with Crippen molar-refractivity contribution in [3.05, 3.63) is 157 Å². The Labute approximate surface area is 313 Å². The zero-order valence-corrected chi connectivity index (χ0v) is 31.0. The Kier molecular flexibility index (Phi) is 6.35. The average molecular weight is 678 g/mol. The summed E-state index contributed by atoms with van der Waals surface area (Å²) in [5, 5.41) is 0. The zero-order chi connectivity index (χ0) is 35.7. The van der Waals surface area contributed by atoms with E-state index in [0.29, 0.717) is 5.92 Å². The van der Waals surface area contributed by atoms with Crippen molar-refractivity contribution in [2.45, 2.75) is 46.0 Å². The molecular formula is C49H40B2N2. The van der Waals surface area contributed by atoms with E-state index in [2.05, 4.69) is 190 Å². The summed E-state index contributed by atoms with van der Waals surface area (Å²) in [4.78, 5) is 5.13. The number of rotatable bonds is 3. The second-order valence-electron chi connectivity index (χ2n) is 16.7. The van der Waals surface area contributed by atoms with Crippen molar-refractivity contribution in [1.82, 2.24) is 0 Å². The number of benzene rings is 7. The lowest BCUT2D eigenvalue weighted by atomic mass is 9.34. The van der Waals surface area contributed by atoms with E-state index in [1.54, 1.807) is 0 Å². The fourth-order valence-corrected chi connectivity index (χ4v) is 9.88. The molecule has 4 aliphatic rings. The highest BCUT2D eigenvalue weighted by Crippen LogP contribution is 2.46. The van der Waals surface area contributed by atoms with Gasteiger partial charge in [-0.1, -0.05) is 143 Å². The molecule has 0 aromatic heterocycles. The highest BCUT2D eigenvalue weighted by molar-refractivity contribution is 7.03. The third-order valence-corrected chi connectivity index (χ3v) is 12.4. The Balaban J connectivity index is 1.25. The van der Waals surface area contributed by atoms with Crippen LogP contribution in [0.1, 0.15) is 51.7 Å². The molecule has 0 bridgehead atoms. The molecule has 0 fully saturated rings. The van der Waals surface area contributed by atoms with E-state index >= 15 is 0 Å². The van der Waals surface area contributed by atoms with Gasteiger partial charge < -0.3 is 9.80 Å². The van der Waals surface area contributed by atoms with Crippen LogP contribution in [0.15, 0.2) is 146 Å². The minimum Gasteiger partial charge on any atom is -0.312 e. The summed E-state index contributed by atoms with van der Waals surface area (Å²) in [6.45, 7) is 11.9. The smallest absolute Gasteiger partial charge is 0.248 e. The van der Waals surface area contributed by atoms with E-state index in [0.717, 1.165) is 0 Å². The van der Waals surface area contributed by atoms with E-state index in [4.69, 9.17) is 0 Å². The molecule has 0 atom stereocenters. The van der Waals surface area contributed by atoms with E-state index in [9.17, 15) is 0 Å². The quantitative estimate of drug-likeness (QED) is 0.173. The van der Waals surface area contributed by atoms with Crippen molar-refractivity contribution >= 4 is 80.3 Å². The molecule has 0 spiro atoms. The third-order valence-electron chi connectivity index (χ3n) is 12.4. The number of nitrogens with zero attached hydrogens (tertiary/aromatic N) is 2. The SMILES string of the molecule is CC(C)c1cc2c3c(c1)N(c1ccccc1)c1cc4c(cc1B3c1ccccc1-2)N(c1ccccc1)c1cccc2c1B4c1ccc(C(C)(C)C)cc1-2. The lowest BCUT2D eigenvalue weighted by molar-refractivity contribution is 0.590. The van der Waals surface area contributed by atoms with Gasteiger partial charge in [0, 0.05) is 34.1 Å². The minimum absolute atomic E-state index is 0.0625. The first-order chi connectivity index (χ1) is 25.8. The number of para-hydroxylation sites is 2. The van der Waals surface area contributed by atoms with Crippen molar-refractivity contribution in [2.24, 2.45) is 0 Å². The Morgan fingerprint density at radius 2 is 1.00 bits per heavy atom. The van der Waals surface area contributed by atoms with Gasteiger partial charge in [0.25, 0.3) is 0 Å². The third kappa shape index (κ3) is 4.24. The predicted molar refractivity (Wildman–Crippen MR) is 229 cm³/mol. The molecule has 0 N–H and O–H groups in total. The average Bonchev–Trinajstić information content (AvgIpc) is 3.69. The molecule has 2 nitrogen and oxygen atoms in total. The van der Waals surface area contributed by atoms with Crippen LogP contribution in [-0.4, -0.2) is 13.4 Å². The van der Waals surface area contributed by atoms with Crippen LogP contribution in [0, 0.1) is 0 Å². The van der Waals surface area contributed by atoms with E-state index in [-0.39, 0.29) is 18.8 Å². The summed E-state index contributed by atoms with van der Waals surface area (Å²) in [5.41, 5.74) is 24.2. The molecule has 7 aromatic rings. The topological polar surface area (TPSA) is 6.48 Å². The second kappa shape index (κ2) is 10.9. The molecule has 4 heterocycles. The van der Waals surface area contributed by atoms with Crippen molar-refractivity contribution in [3.63, 3.8) is 0 Å². The summed E-state index contributed by atoms with van der Waals surface area (Å²) in [6, 6.07) is 55.6. The van der Waals surface area contributed by atoms with Crippen LogP contribution in [-0.2, 0) is 5.41 Å². The van der Waals surface area contributed by atoms with Crippen molar-refractivity contribution in [1.29, 1.82) is 0 Å². The molecule has 0 radical (unpaired) electrons. The van der Waals surface area contributed by atoms with Gasteiger partial charge >= 0.3 is 0 Å². The first kappa shape index (κ1) is 30.9. The van der Waals surface area contributed by atoms with Crippen LogP contribution in [0.3, 0.4) is 0 Å². The normalized spacial score (nSPS) is 14.2. The predicted octanol–water partition coefficient (Wildman–Crippen LogP) is 8.67. The first-order valence-corrected chi connectivity index (χ1v) is 19.2. The molecule has 0 saturated heterocycles. The molecule has 4 heteroatoms. The molecular weight excluding hydrogens is 638 g/mol. The van der Waals surface area contributed by atoms with Gasteiger partial charge in [0.15, 0.2) is 0 Å². The molecule has 11 rings (SSSR count). The van der Waals surface area contributed by atoms with Gasteiger partial charge in [-0.15, -0.1) is 0 Å². The molecule has 0 unspecified atom stereocenters. The van der Waals surface area contributed by atoms with Gasteiger partial charge in [-0.25, -0.2) is 0 Å². The van der Waals surface area contributed by atoms with E-state index in [1.165, 1.54) is 100 Å². The summed E-state index contributed by atoms with van der Waals surface area (Å²) >= 11 is 0. The van der Waals surface area contributed by atoms with Gasteiger partial charge in [0.2, 0.25) is 13.4 Å².